The van der Waals surface area contributed by atoms with E-state index in [1.165, 1.54) is 11.3 Å². The van der Waals surface area contributed by atoms with Crippen LogP contribution in [0.4, 0.5) is 0 Å². The fraction of sp³-hybridized carbons (Fsp3) is 0.500. The van der Waals surface area contributed by atoms with Gasteiger partial charge in [0, 0.05) is 18.0 Å². The van der Waals surface area contributed by atoms with Crippen LogP contribution in [0.15, 0.2) is 12.1 Å². The minimum Gasteiger partial charge on any atom is -0.365 e. The Kier molecular flexibility index (Phi) is 3.81. The molecule has 2 rings (SSSR count). The molecule has 1 fully saturated rings. The molecule has 1 saturated heterocycles. The summed E-state index contributed by atoms with van der Waals surface area (Å²) in [4.78, 5) is 14.4. The van der Waals surface area contributed by atoms with Crippen molar-refractivity contribution in [1.29, 1.82) is 0 Å². The van der Waals surface area contributed by atoms with Crippen molar-refractivity contribution in [3.8, 4) is 0 Å². The van der Waals surface area contributed by atoms with Crippen LogP contribution in [0.2, 0.25) is 4.34 Å². The van der Waals surface area contributed by atoms with Gasteiger partial charge in [-0.05, 0) is 12.1 Å². The molecular weight excluding hydrogens is 248 g/mol. The van der Waals surface area contributed by atoms with Crippen molar-refractivity contribution in [3.05, 3.63) is 21.3 Å². The van der Waals surface area contributed by atoms with Crippen molar-refractivity contribution < 1.29 is 9.53 Å². The van der Waals surface area contributed by atoms with Gasteiger partial charge in [0.05, 0.1) is 17.0 Å². The van der Waals surface area contributed by atoms with E-state index in [-0.39, 0.29) is 18.6 Å². The second-order valence-corrected chi connectivity index (χ2v) is 5.45. The van der Waals surface area contributed by atoms with Crippen LogP contribution in [0.3, 0.4) is 0 Å². The first kappa shape index (κ1) is 11.9. The van der Waals surface area contributed by atoms with Crippen molar-refractivity contribution in [2.75, 3.05) is 19.7 Å². The highest BCUT2D eigenvalue weighted by atomic mass is 35.5. The molecule has 1 atom stereocenters. The SMILES string of the molecule is NCC1CN(Cc2ccc(Cl)s2)C(=O)CO1. The number of rotatable bonds is 3. The number of morpholine rings is 1. The highest BCUT2D eigenvalue weighted by molar-refractivity contribution is 7.16. The van der Waals surface area contributed by atoms with Crippen molar-refractivity contribution in [2.24, 2.45) is 5.73 Å². The first-order valence-corrected chi connectivity index (χ1v) is 6.22. The average molecular weight is 261 g/mol. The third-order valence-corrected chi connectivity index (χ3v) is 3.67. The summed E-state index contributed by atoms with van der Waals surface area (Å²) in [6.45, 7) is 1.72. The van der Waals surface area contributed by atoms with E-state index in [9.17, 15) is 4.79 Å². The van der Waals surface area contributed by atoms with E-state index >= 15 is 0 Å². The standard InChI is InChI=1S/C10H13ClN2O2S/c11-9-2-1-8(16-9)5-13-4-7(3-12)15-6-10(13)14/h1-2,7H,3-6,12H2. The summed E-state index contributed by atoms with van der Waals surface area (Å²) < 4.78 is 6.02. The Labute approximate surface area is 103 Å². The summed E-state index contributed by atoms with van der Waals surface area (Å²) >= 11 is 7.33. The molecule has 88 valence electrons. The van der Waals surface area contributed by atoms with Gasteiger partial charge in [-0.25, -0.2) is 0 Å². The molecule has 0 bridgehead atoms. The summed E-state index contributed by atoms with van der Waals surface area (Å²) in [5.41, 5.74) is 5.53. The molecule has 4 nitrogen and oxygen atoms in total. The molecule has 1 aliphatic heterocycles. The maximum Gasteiger partial charge on any atom is 0.249 e. The number of nitrogens with two attached hydrogens (primary N) is 1. The normalized spacial score (nSPS) is 21.5. The molecule has 6 heteroatoms. The molecule has 1 amide bonds. The van der Waals surface area contributed by atoms with Crippen LogP contribution < -0.4 is 5.73 Å². The third kappa shape index (κ3) is 2.74. The lowest BCUT2D eigenvalue weighted by Crippen LogP contribution is -2.48. The van der Waals surface area contributed by atoms with Gasteiger partial charge in [0.2, 0.25) is 5.91 Å². The molecule has 1 aliphatic rings. The zero-order valence-electron chi connectivity index (χ0n) is 8.69. The Morgan fingerprint density at radius 3 is 3.06 bits per heavy atom. The summed E-state index contributed by atoms with van der Waals surface area (Å²) in [5.74, 6) is 0.00854. The van der Waals surface area contributed by atoms with E-state index in [1.54, 1.807) is 4.90 Å². The molecule has 0 radical (unpaired) electrons. The Morgan fingerprint density at radius 1 is 1.62 bits per heavy atom. The number of halogens is 1. The number of hydrogen-bond donors (Lipinski definition) is 1. The van der Waals surface area contributed by atoms with Gasteiger partial charge in [0.1, 0.15) is 6.61 Å². The van der Waals surface area contributed by atoms with Crippen LogP contribution >= 0.6 is 22.9 Å². The van der Waals surface area contributed by atoms with Gasteiger partial charge in [-0.1, -0.05) is 11.6 Å². The van der Waals surface area contributed by atoms with Gasteiger partial charge in [-0.15, -0.1) is 11.3 Å². The average Bonchev–Trinajstić information content (AvgIpc) is 2.67. The zero-order valence-corrected chi connectivity index (χ0v) is 10.3. The molecule has 16 heavy (non-hydrogen) atoms. The number of carbonyl (C=O) groups is 1. The number of ether oxygens (including phenoxy) is 1. The largest absolute Gasteiger partial charge is 0.365 e. The second kappa shape index (κ2) is 5.14. The first-order valence-electron chi connectivity index (χ1n) is 5.02. The number of thiophene rings is 1. The molecule has 1 unspecified atom stereocenters. The highest BCUT2D eigenvalue weighted by Crippen LogP contribution is 2.23. The lowest BCUT2D eigenvalue weighted by Gasteiger charge is -2.31. The van der Waals surface area contributed by atoms with Crippen LogP contribution in [0, 0.1) is 0 Å². The summed E-state index contributed by atoms with van der Waals surface area (Å²) in [5, 5.41) is 0. The van der Waals surface area contributed by atoms with Crippen molar-refractivity contribution >= 4 is 28.8 Å². The van der Waals surface area contributed by atoms with Crippen molar-refractivity contribution in [1.82, 2.24) is 4.90 Å². The smallest absolute Gasteiger partial charge is 0.249 e. The third-order valence-electron chi connectivity index (χ3n) is 2.46. The van der Waals surface area contributed by atoms with Crippen LogP contribution in [-0.2, 0) is 16.1 Å². The number of carbonyl (C=O) groups excluding carboxylic acids is 1. The van der Waals surface area contributed by atoms with Gasteiger partial charge in [0.15, 0.2) is 0 Å². The minimum atomic E-state index is -0.0480. The molecule has 0 spiro atoms. The van der Waals surface area contributed by atoms with Gasteiger partial charge < -0.3 is 15.4 Å². The number of hydrogen-bond acceptors (Lipinski definition) is 4. The van der Waals surface area contributed by atoms with E-state index in [1.807, 2.05) is 12.1 Å². The van der Waals surface area contributed by atoms with E-state index in [0.717, 1.165) is 9.21 Å². The summed E-state index contributed by atoms with van der Waals surface area (Å²) in [6.07, 6.45) is -0.0480. The first-order chi connectivity index (χ1) is 7.69. The van der Waals surface area contributed by atoms with E-state index in [4.69, 9.17) is 22.1 Å². The van der Waals surface area contributed by atoms with Gasteiger partial charge >= 0.3 is 0 Å². The Bertz CT molecular complexity index is 383. The quantitative estimate of drug-likeness (QED) is 0.885. The lowest BCUT2D eigenvalue weighted by atomic mass is 10.2. The van der Waals surface area contributed by atoms with Gasteiger partial charge in [-0.3, -0.25) is 4.79 Å². The van der Waals surface area contributed by atoms with E-state index in [0.29, 0.717) is 19.6 Å². The monoisotopic (exact) mass is 260 g/mol. The van der Waals surface area contributed by atoms with Crippen molar-refractivity contribution in [3.63, 3.8) is 0 Å². The summed E-state index contributed by atoms with van der Waals surface area (Å²) in [7, 11) is 0. The highest BCUT2D eigenvalue weighted by Gasteiger charge is 2.25. The fourth-order valence-corrected chi connectivity index (χ4v) is 2.70. The Morgan fingerprint density at radius 2 is 2.44 bits per heavy atom. The van der Waals surface area contributed by atoms with E-state index in [2.05, 4.69) is 0 Å². The lowest BCUT2D eigenvalue weighted by molar-refractivity contribution is -0.149. The molecule has 0 aromatic carbocycles. The Hall–Kier alpha value is -0.620. The minimum absolute atomic E-state index is 0.00854. The Balaban J connectivity index is 1.99. The zero-order chi connectivity index (χ0) is 11.5. The van der Waals surface area contributed by atoms with Gasteiger partial charge in [0.25, 0.3) is 0 Å². The topological polar surface area (TPSA) is 55.6 Å². The predicted octanol–water partition coefficient (Wildman–Crippen LogP) is 1.09. The van der Waals surface area contributed by atoms with Crippen LogP contribution in [-0.4, -0.2) is 36.6 Å². The van der Waals surface area contributed by atoms with E-state index < -0.39 is 0 Å². The second-order valence-electron chi connectivity index (χ2n) is 3.65. The maximum atomic E-state index is 11.6. The molecule has 2 heterocycles. The summed E-state index contributed by atoms with van der Waals surface area (Å²) in [6, 6.07) is 3.78. The van der Waals surface area contributed by atoms with Crippen LogP contribution in [0.1, 0.15) is 4.88 Å². The molecule has 0 saturated carbocycles. The van der Waals surface area contributed by atoms with Gasteiger partial charge in [-0.2, -0.15) is 0 Å². The molecule has 1 aromatic rings. The number of nitrogens with zero attached hydrogens (tertiary/aromatic N) is 1. The maximum absolute atomic E-state index is 11.6. The van der Waals surface area contributed by atoms with Crippen LogP contribution in [0.25, 0.3) is 0 Å². The molecule has 1 aromatic heterocycles. The molecule has 2 N–H and O–H groups in total. The predicted molar refractivity (Wildman–Crippen MR) is 63.5 cm³/mol. The van der Waals surface area contributed by atoms with Crippen LogP contribution in [0.5, 0.6) is 0 Å². The fourth-order valence-electron chi connectivity index (χ4n) is 1.60. The molecule has 0 aliphatic carbocycles. The number of amides is 1. The van der Waals surface area contributed by atoms with Crippen molar-refractivity contribution in [2.45, 2.75) is 12.6 Å². The molecular formula is C10H13ClN2O2S.